The monoisotopic (exact) mass is 175 g/mol. The number of hydrogen-bond donors (Lipinski definition) is 0. The summed E-state index contributed by atoms with van der Waals surface area (Å²) in [6.45, 7) is 0. The zero-order valence-corrected chi connectivity index (χ0v) is 7.21. The molecule has 0 atom stereocenters. The van der Waals surface area contributed by atoms with Crippen molar-refractivity contribution in [3.05, 3.63) is 36.7 Å². The Balaban J connectivity index is 2.51. The number of para-hydroxylation sites is 2. The maximum absolute atomic E-state index is 5.18. The molecular formula is C9H9N3O. The van der Waals surface area contributed by atoms with Crippen molar-refractivity contribution < 1.29 is 4.74 Å². The number of nitrogens with zero attached hydrogens (tertiary/aromatic N) is 3. The van der Waals surface area contributed by atoms with Gasteiger partial charge in [-0.3, -0.25) is 0 Å². The highest BCUT2D eigenvalue weighted by Crippen LogP contribution is 2.20. The molecule has 0 aliphatic rings. The molecule has 2 aromatic rings. The van der Waals surface area contributed by atoms with Crippen molar-refractivity contribution in [2.45, 2.75) is 0 Å². The summed E-state index contributed by atoms with van der Waals surface area (Å²) in [5.41, 5.74) is 0.891. The molecule has 0 saturated carbocycles. The molecule has 0 aliphatic carbocycles. The van der Waals surface area contributed by atoms with Crippen molar-refractivity contribution in [2.24, 2.45) is 0 Å². The van der Waals surface area contributed by atoms with Gasteiger partial charge in [-0.05, 0) is 12.1 Å². The van der Waals surface area contributed by atoms with Crippen LogP contribution in [0.3, 0.4) is 0 Å². The Morgan fingerprint density at radius 3 is 2.85 bits per heavy atom. The van der Waals surface area contributed by atoms with E-state index in [9.17, 15) is 0 Å². The Labute approximate surface area is 75.8 Å². The van der Waals surface area contributed by atoms with E-state index >= 15 is 0 Å². The van der Waals surface area contributed by atoms with Gasteiger partial charge in [0.25, 0.3) is 0 Å². The highest BCUT2D eigenvalue weighted by molar-refractivity contribution is 5.45. The lowest BCUT2D eigenvalue weighted by atomic mass is 10.3. The summed E-state index contributed by atoms with van der Waals surface area (Å²) in [6.07, 6.45) is 3.41. The molecule has 4 nitrogen and oxygen atoms in total. The molecule has 1 aromatic carbocycles. The molecule has 0 aliphatic heterocycles. The Morgan fingerprint density at radius 1 is 1.31 bits per heavy atom. The van der Waals surface area contributed by atoms with Gasteiger partial charge in [0.05, 0.1) is 19.5 Å². The van der Waals surface area contributed by atoms with Crippen LogP contribution in [0.25, 0.3) is 5.69 Å². The van der Waals surface area contributed by atoms with Crippen LogP contribution in [0.1, 0.15) is 0 Å². The fraction of sp³-hybridized carbons (Fsp3) is 0.111. The van der Waals surface area contributed by atoms with E-state index in [2.05, 4.69) is 10.3 Å². The minimum Gasteiger partial charge on any atom is -0.494 e. The second-order valence-corrected chi connectivity index (χ2v) is 2.52. The first-order valence-corrected chi connectivity index (χ1v) is 3.91. The number of ether oxygens (including phenoxy) is 1. The summed E-state index contributed by atoms with van der Waals surface area (Å²) in [6, 6.07) is 7.66. The molecular weight excluding hydrogens is 166 g/mol. The van der Waals surface area contributed by atoms with Crippen LogP contribution in [0, 0.1) is 0 Å². The van der Waals surface area contributed by atoms with Gasteiger partial charge in [-0.2, -0.15) is 0 Å². The molecule has 0 N–H and O–H groups in total. The zero-order chi connectivity index (χ0) is 9.10. The molecule has 1 heterocycles. The van der Waals surface area contributed by atoms with Crippen molar-refractivity contribution in [3.8, 4) is 11.4 Å². The number of methoxy groups -OCH3 is 1. The summed E-state index contributed by atoms with van der Waals surface area (Å²) in [4.78, 5) is 0. The topological polar surface area (TPSA) is 39.9 Å². The Kier molecular flexibility index (Phi) is 1.96. The van der Waals surface area contributed by atoms with Gasteiger partial charge in [0.1, 0.15) is 11.4 Å². The van der Waals surface area contributed by atoms with Crippen LogP contribution >= 0.6 is 0 Å². The van der Waals surface area contributed by atoms with Crippen LogP contribution in [0.15, 0.2) is 36.7 Å². The number of rotatable bonds is 2. The third kappa shape index (κ3) is 1.38. The van der Waals surface area contributed by atoms with Crippen molar-refractivity contribution in [1.29, 1.82) is 0 Å². The van der Waals surface area contributed by atoms with Gasteiger partial charge in [0.15, 0.2) is 0 Å². The first-order valence-electron chi connectivity index (χ1n) is 3.91. The van der Waals surface area contributed by atoms with E-state index in [1.54, 1.807) is 24.2 Å². The third-order valence-electron chi connectivity index (χ3n) is 1.75. The Morgan fingerprint density at radius 2 is 2.15 bits per heavy atom. The molecule has 66 valence electrons. The van der Waals surface area contributed by atoms with E-state index < -0.39 is 0 Å². The second-order valence-electron chi connectivity index (χ2n) is 2.52. The van der Waals surface area contributed by atoms with E-state index in [-0.39, 0.29) is 0 Å². The summed E-state index contributed by atoms with van der Waals surface area (Å²) in [5.74, 6) is 0.785. The molecule has 4 heteroatoms. The summed E-state index contributed by atoms with van der Waals surface area (Å²) in [5, 5.41) is 7.61. The third-order valence-corrected chi connectivity index (χ3v) is 1.75. The molecule has 13 heavy (non-hydrogen) atoms. The van der Waals surface area contributed by atoms with Crippen LogP contribution in [0.5, 0.6) is 5.75 Å². The molecule has 0 bridgehead atoms. The molecule has 0 unspecified atom stereocenters. The van der Waals surface area contributed by atoms with Crippen molar-refractivity contribution in [3.63, 3.8) is 0 Å². The second kappa shape index (κ2) is 3.26. The van der Waals surface area contributed by atoms with Crippen LogP contribution in [0.4, 0.5) is 0 Å². The van der Waals surface area contributed by atoms with Gasteiger partial charge in [-0.15, -0.1) is 5.10 Å². The van der Waals surface area contributed by atoms with Gasteiger partial charge in [0.2, 0.25) is 0 Å². The standard InChI is InChI=1S/C9H9N3O/c1-13-9-5-3-2-4-8(9)12-7-6-10-11-12/h2-7H,1H3. The maximum atomic E-state index is 5.18. The van der Waals surface area contributed by atoms with E-state index in [0.717, 1.165) is 11.4 Å². The number of aromatic nitrogens is 3. The molecule has 1 aromatic heterocycles. The van der Waals surface area contributed by atoms with E-state index in [1.165, 1.54) is 0 Å². The molecule has 0 fully saturated rings. The molecule has 0 radical (unpaired) electrons. The predicted molar refractivity (Wildman–Crippen MR) is 47.9 cm³/mol. The fourth-order valence-corrected chi connectivity index (χ4v) is 1.16. The number of hydrogen-bond acceptors (Lipinski definition) is 3. The highest BCUT2D eigenvalue weighted by atomic mass is 16.5. The molecule has 0 saturated heterocycles. The lowest BCUT2D eigenvalue weighted by Crippen LogP contribution is -1.98. The van der Waals surface area contributed by atoms with E-state index in [4.69, 9.17) is 4.74 Å². The molecule has 0 amide bonds. The number of benzene rings is 1. The van der Waals surface area contributed by atoms with Crippen molar-refractivity contribution >= 4 is 0 Å². The summed E-state index contributed by atoms with van der Waals surface area (Å²) >= 11 is 0. The maximum Gasteiger partial charge on any atom is 0.144 e. The minimum absolute atomic E-state index is 0.785. The first-order chi connectivity index (χ1) is 6.42. The van der Waals surface area contributed by atoms with E-state index in [1.807, 2.05) is 24.3 Å². The normalized spacial score (nSPS) is 9.92. The largest absolute Gasteiger partial charge is 0.494 e. The average molecular weight is 175 g/mol. The lowest BCUT2D eigenvalue weighted by Gasteiger charge is -2.05. The lowest BCUT2D eigenvalue weighted by molar-refractivity contribution is 0.411. The summed E-state index contributed by atoms with van der Waals surface area (Å²) in [7, 11) is 1.63. The van der Waals surface area contributed by atoms with Gasteiger partial charge >= 0.3 is 0 Å². The van der Waals surface area contributed by atoms with Crippen molar-refractivity contribution in [2.75, 3.05) is 7.11 Å². The quantitative estimate of drug-likeness (QED) is 0.690. The van der Waals surface area contributed by atoms with Gasteiger partial charge in [-0.1, -0.05) is 17.3 Å². The average Bonchev–Trinajstić information content (AvgIpc) is 2.70. The van der Waals surface area contributed by atoms with Gasteiger partial charge < -0.3 is 4.74 Å². The molecule has 0 spiro atoms. The highest BCUT2D eigenvalue weighted by Gasteiger charge is 2.02. The fourth-order valence-electron chi connectivity index (χ4n) is 1.16. The predicted octanol–water partition coefficient (Wildman–Crippen LogP) is 1.28. The Hall–Kier alpha value is -1.84. The van der Waals surface area contributed by atoms with Crippen LogP contribution in [-0.4, -0.2) is 22.1 Å². The van der Waals surface area contributed by atoms with Gasteiger partial charge in [0, 0.05) is 0 Å². The van der Waals surface area contributed by atoms with Gasteiger partial charge in [-0.25, -0.2) is 4.68 Å². The van der Waals surface area contributed by atoms with Crippen molar-refractivity contribution in [1.82, 2.24) is 15.0 Å². The smallest absolute Gasteiger partial charge is 0.144 e. The first kappa shape index (κ1) is 7.79. The minimum atomic E-state index is 0.785. The molecule has 2 rings (SSSR count). The SMILES string of the molecule is COc1ccccc1-n1ccnn1. The summed E-state index contributed by atoms with van der Waals surface area (Å²) < 4.78 is 6.85. The van der Waals surface area contributed by atoms with Crippen LogP contribution < -0.4 is 4.74 Å². The zero-order valence-electron chi connectivity index (χ0n) is 7.21. The van der Waals surface area contributed by atoms with E-state index in [0.29, 0.717) is 0 Å². The van der Waals surface area contributed by atoms with Crippen LogP contribution in [-0.2, 0) is 0 Å². The van der Waals surface area contributed by atoms with Crippen LogP contribution in [0.2, 0.25) is 0 Å². The Bertz CT molecular complexity index is 384.